The first-order chi connectivity index (χ1) is 8.79. The quantitative estimate of drug-likeness (QED) is 0.793. The fourth-order valence-corrected chi connectivity index (χ4v) is 2.73. The summed E-state index contributed by atoms with van der Waals surface area (Å²) in [6, 6.07) is 0.602. The second-order valence-corrected chi connectivity index (χ2v) is 5.56. The summed E-state index contributed by atoms with van der Waals surface area (Å²) in [7, 11) is 1.87. The molecule has 1 aliphatic rings. The molecule has 2 heterocycles. The predicted octanol–water partition coefficient (Wildman–Crippen LogP) is 0.811. The number of rotatable bonds is 6. The molecule has 0 aromatic carbocycles. The third-order valence-corrected chi connectivity index (χ3v) is 3.99. The highest BCUT2D eigenvalue weighted by atomic mass is 32.2. The summed E-state index contributed by atoms with van der Waals surface area (Å²) in [6.45, 7) is 6.22. The van der Waals surface area contributed by atoms with Crippen molar-refractivity contribution in [3.8, 4) is 0 Å². The van der Waals surface area contributed by atoms with Gasteiger partial charge in [0.05, 0.1) is 6.04 Å². The van der Waals surface area contributed by atoms with Crippen molar-refractivity contribution in [2.24, 2.45) is 0 Å². The average Bonchev–Trinajstić information content (AvgIpc) is 2.88. The third kappa shape index (κ3) is 3.86. The average molecular weight is 271 g/mol. The van der Waals surface area contributed by atoms with Crippen molar-refractivity contribution in [2.75, 3.05) is 50.0 Å². The molecule has 1 aromatic heterocycles. The number of nitrogens with one attached hydrogen (secondary N) is 2. The molecule has 0 saturated carbocycles. The number of thioether (sulfide) groups is 1. The van der Waals surface area contributed by atoms with Crippen LogP contribution in [0.2, 0.25) is 0 Å². The zero-order valence-electron chi connectivity index (χ0n) is 11.0. The SMILES string of the molecule is CNC(C)c1nnc(NCCN2CCSCC2)o1. The van der Waals surface area contributed by atoms with Crippen molar-refractivity contribution in [2.45, 2.75) is 13.0 Å². The Hall–Kier alpha value is -0.790. The minimum atomic E-state index is 0.0900. The Balaban J connectivity index is 1.71. The maximum atomic E-state index is 5.51. The number of anilines is 1. The molecule has 0 amide bonds. The third-order valence-electron chi connectivity index (χ3n) is 3.05. The van der Waals surface area contributed by atoms with Gasteiger partial charge in [0, 0.05) is 37.7 Å². The molecule has 0 radical (unpaired) electrons. The number of aromatic nitrogens is 2. The number of hydrogen-bond donors (Lipinski definition) is 2. The topological polar surface area (TPSA) is 66.2 Å². The molecule has 0 spiro atoms. The fraction of sp³-hybridized carbons (Fsp3) is 0.818. The molecule has 102 valence electrons. The van der Waals surface area contributed by atoms with Gasteiger partial charge < -0.3 is 15.1 Å². The standard InChI is InChI=1S/C11H21N5OS/c1-9(12-2)10-14-15-11(17-10)13-3-4-16-5-7-18-8-6-16/h9,12H,3-8H2,1-2H3,(H,13,15). The highest BCUT2D eigenvalue weighted by Crippen LogP contribution is 2.13. The van der Waals surface area contributed by atoms with Crippen LogP contribution in [0.15, 0.2) is 4.42 Å². The first-order valence-corrected chi connectivity index (χ1v) is 7.49. The van der Waals surface area contributed by atoms with Crippen LogP contribution in [-0.4, -0.2) is 59.8 Å². The van der Waals surface area contributed by atoms with E-state index in [0.717, 1.165) is 13.1 Å². The summed E-state index contributed by atoms with van der Waals surface area (Å²) in [4.78, 5) is 2.46. The Labute approximate surface area is 112 Å². The minimum Gasteiger partial charge on any atom is -0.406 e. The molecular formula is C11H21N5OS. The van der Waals surface area contributed by atoms with Crippen molar-refractivity contribution in [3.63, 3.8) is 0 Å². The highest BCUT2D eigenvalue weighted by Gasteiger charge is 2.12. The lowest BCUT2D eigenvalue weighted by Crippen LogP contribution is -2.36. The van der Waals surface area contributed by atoms with Crippen molar-refractivity contribution in [1.82, 2.24) is 20.4 Å². The van der Waals surface area contributed by atoms with E-state index in [4.69, 9.17) is 4.42 Å². The smallest absolute Gasteiger partial charge is 0.315 e. The molecule has 7 heteroatoms. The summed E-state index contributed by atoms with van der Waals surface area (Å²) in [6.07, 6.45) is 0. The minimum absolute atomic E-state index is 0.0900. The largest absolute Gasteiger partial charge is 0.406 e. The zero-order chi connectivity index (χ0) is 12.8. The summed E-state index contributed by atoms with van der Waals surface area (Å²) in [5.41, 5.74) is 0. The van der Waals surface area contributed by atoms with Crippen molar-refractivity contribution < 1.29 is 4.42 Å². The molecule has 1 atom stereocenters. The van der Waals surface area contributed by atoms with E-state index in [9.17, 15) is 0 Å². The molecule has 2 rings (SSSR count). The van der Waals surface area contributed by atoms with E-state index in [-0.39, 0.29) is 6.04 Å². The molecular weight excluding hydrogens is 250 g/mol. The van der Waals surface area contributed by atoms with Gasteiger partial charge in [0.15, 0.2) is 0 Å². The van der Waals surface area contributed by atoms with Gasteiger partial charge in [0.1, 0.15) is 0 Å². The molecule has 0 aliphatic carbocycles. The molecule has 1 saturated heterocycles. The van der Waals surface area contributed by atoms with Gasteiger partial charge in [0.25, 0.3) is 0 Å². The Bertz CT molecular complexity index is 353. The van der Waals surface area contributed by atoms with Crippen LogP contribution < -0.4 is 10.6 Å². The van der Waals surface area contributed by atoms with E-state index in [1.807, 2.05) is 25.7 Å². The number of nitrogens with zero attached hydrogens (tertiary/aromatic N) is 3. The first kappa shape index (κ1) is 13.6. The predicted molar refractivity (Wildman–Crippen MR) is 74.0 cm³/mol. The van der Waals surface area contributed by atoms with Gasteiger partial charge in [-0.2, -0.15) is 11.8 Å². The zero-order valence-corrected chi connectivity index (χ0v) is 11.8. The maximum absolute atomic E-state index is 5.51. The van der Waals surface area contributed by atoms with Gasteiger partial charge in [-0.1, -0.05) is 5.10 Å². The van der Waals surface area contributed by atoms with Crippen molar-refractivity contribution in [1.29, 1.82) is 0 Å². The van der Waals surface area contributed by atoms with E-state index in [1.165, 1.54) is 24.6 Å². The Morgan fingerprint density at radius 1 is 1.39 bits per heavy atom. The second kappa shape index (κ2) is 6.96. The normalized spacial score (nSPS) is 18.8. The Kier molecular flexibility index (Phi) is 5.27. The van der Waals surface area contributed by atoms with E-state index in [2.05, 4.69) is 25.7 Å². The van der Waals surface area contributed by atoms with Crippen molar-refractivity contribution >= 4 is 17.8 Å². The molecule has 6 nitrogen and oxygen atoms in total. The lowest BCUT2D eigenvalue weighted by molar-refractivity contribution is 0.313. The maximum Gasteiger partial charge on any atom is 0.315 e. The van der Waals surface area contributed by atoms with Gasteiger partial charge in [-0.25, -0.2) is 0 Å². The van der Waals surface area contributed by atoms with Crippen molar-refractivity contribution in [3.05, 3.63) is 5.89 Å². The molecule has 1 unspecified atom stereocenters. The molecule has 1 aliphatic heterocycles. The second-order valence-electron chi connectivity index (χ2n) is 4.34. The lowest BCUT2D eigenvalue weighted by Gasteiger charge is -2.25. The molecule has 0 bridgehead atoms. The van der Waals surface area contributed by atoms with Crippen LogP contribution in [0, 0.1) is 0 Å². The van der Waals surface area contributed by atoms with E-state index in [0.29, 0.717) is 11.9 Å². The lowest BCUT2D eigenvalue weighted by atomic mass is 10.3. The number of hydrogen-bond acceptors (Lipinski definition) is 7. The summed E-state index contributed by atoms with van der Waals surface area (Å²) in [5.74, 6) is 3.10. The Morgan fingerprint density at radius 3 is 2.89 bits per heavy atom. The van der Waals surface area contributed by atoms with Crippen LogP contribution in [0.25, 0.3) is 0 Å². The van der Waals surface area contributed by atoms with Crippen LogP contribution in [0.5, 0.6) is 0 Å². The van der Waals surface area contributed by atoms with Gasteiger partial charge in [0.2, 0.25) is 5.89 Å². The summed E-state index contributed by atoms with van der Waals surface area (Å²) >= 11 is 2.03. The highest BCUT2D eigenvalue weighted by molar-refractivity contribution is 7.99. The summed E-state index contributed by atoms with van der Waals surface area (Å²) in [5, 5.41) is 14.2. The van der Waals surface area contributed by atoms with Crippen LogP contribution in [-0.2, 0) is 0 Å². The van der Waals surface area contributed by atoms with Gasteiger partial charge in [-0.3, -0.25) is 4.90 Å². The van der Waals surface area contributed by atoms with Crippen LogP contribution in [0.1, 0.15) is 18.9 Å². The molecule has 18 heavy (non-hydrogen) atoms. The fourth-order valence-electron chi connectivity index (χ4n) is 1.75. The van der Waals surface area contributed by atoms with Crippen LogP contribution in [0.3, 0.4) is 0 Å². The monoisotopic (exact) mass is 271 g/mol. The van der Waals surface area contributed by atoms with E-state index < -0.39 is 0 Å². The summed E-state index contributed by atoms with van der Waals surface area (Å²) < 4.78 is 5.51. The molecule has 1 fully saturated rings. The van der Waals surface area contributed by atoms with Crippen LogP contribution in [0.4, 0.5) is 6.01 Å². The van der Waals surface area contributed by atoms with Gasteiger partial charge in [-0.05, 0) is 14.0 Å². The Morgan fingerprint density at radius 2 is 2.17 bits per heavy atom. The van der Waals surface area contributed by atoms with Crippen LogP contribution >= 0.6 is 11.8 Å². The van der Waals surface area contributed by atoms with Gasteiger partial charge in [-0.15, -0.1) is 5.10 Å². The van der Waals surface area contributed by atoms with Gasteiger partial charge >= 0.3 is 6.01 Å². The van der Waals surface area contributed by atoms with E-state index in [1.54, 1.807) is 0 Å². The first-order valence-electron chi connectivity index (χ1n) is 6.34. The molecule has 1 aromatic rings. The molecule has 2 N–H and O–H groups in total. The van der Waals surface area contributed by atoms with E-state index >= 15 is 0 Å².